The van der Waals surface area contributed by atoms with E-state index >= 15 is 0 Å². The van der Waals surface area contributed by atoms with Gasteiger partial charge in [0.2, 0.25) is 0 Å². The van der Waals surface area contributed by atoms with E-state index in [1.54, 1.807) is 7.11 Å². The number of anilines is 1. The molecular formula is C13H17NO3. The number of methoxy groups -OCH3 is 1. The standard InChI is InChI=1S/C13H17NO3/c1-9(17-2)8-14-11-6-4-3-5-10(11)7-12(14)13(15)16/h3-6,9,12H,7-8H2,1-2H3,(H,15,16). The number of ether oxygens (including phenoxy) is 1. The molecule has 4 heteroatoms. The lowest BCUT2D eigenvalue weighted by Gasteiger charge is -2.27. The van der Waals surface area contributed by atoms with Crippen LogP contribution in [0.25, 0.3) is 0 Å². The molecule has 0 saturated carbocycles. The third-order valence-corrected chi connectivity index (χ3v) is 3.23. The van der Waals surface area contributed by atoms with Crippen molar-refractivity contribution >= 4 is 11.7 Å². The average molecular weight is 235 g/mol. The molecule has 2 rings (SSSR count). The summed E-state index contributed by atoms with van der Waals surface area (Å²) < 4.78 is 5.22. The van der Waals surface area contributed by atoms with Crippen molar-refractivity contribution in [2.45, 2.75) is 25.5 Å². The Kier molecular flexibility index (Phi) is 3.33. The predicted octanol–water partition coefficient (Wildman–Crippen LogP) is 1.54. The van der Waals surface area contributed by atoms with Gasteiger partial charge in [0.05, 0.1) is 6.10 Å². The highest BCUT2D eigenvalue weighted by atomic mass is 16.5. The first-order valence-corrected chi connectivity index (χ1v) is 5.73. The maximum Gasteiger partial charge on any atom is 0.326 e. The van der Waals surface area contributed by atoms with Gasteiger partial charge in [0.1, 0.15) is 6.04 Å². The Bertz CT molecular complexity index is 419. The first-order chi connectivity index (χ1) is 8.13. The molecule has 1 aliphatic rings. The molecule has 0 bridgehead atoms. The van der Waals surface area contributed by atoms with Crippen LogP contribution in [0.15, 0.2) is 24.3 Å². The van der Waals surface area contributed by atoms with Gasteiger partial charge in [-0.05, 0) is 18.6 Å². The van der Waals surface area contributed by atoms with Crippen molar-refractivity contribution in [1.29, 1.82) is 0 Å². The molecule has 17 heavy (non-hydrogen) atoms. The molecule has 2 unspecified atom stereocenters. The minimum Gasteiger partial charge on any atom is -0.480 e. The van der Waals surface area contributed by atoms with Gasteiger partial charge < -0.3 is 14.7 Å². The maximum atomic E-state index is 11.3. The second kappa shape index (κ2) is 4.75. The Morgan fingerprint density at radius 1 is 1.59 bits per heavy atom. The van der Waals surface area contributed by atoms with Gasteiger partial charge in [-0.15, -0.1) is 0 Å². The molecule has 1 heterocycles. The van der Waals surface area contributed by atoms with Gasteiger partial charge in [0, 0.05) is 25.8 Å². The van der Waals surface area contributed by atoms with Crippen LogP contribution in [0.4, 0.5) is 5.69 Å². The zero-order valence-corrected chi connectivity index (χ0v) is 10.1. The zero-order valence-electron chi connectivity index (χ0n) is 10.1. The molecule has 92 valence electrons. The van der Waals surface area contributed by atoms with E-state index in [2.05, 4.69) is 0 Å². The number of carbonyl (C=O) groups is 1. The molecule has 0 saturated heterocycles. The smallest absolute Gasteiger partial charge is 0.326 e. The van der Waals surface area contributed by atoms with Crippen LogP contribution in [0.5, 0.6) is 0 Å². The molecule has 1 aliphatic heterocycles. The highest BCUT2D eigenvalue weighted by molar-refractivity contribution is 5.82. The second-order valence-corrected chi connectivity index (χ2v) is 4.39. The summed E-state index contributed by atoms with van der Waals surface area (Å²) >= 11 is 0. The third-order valence-electron chi connectivity index (χ3n) is 3.23. The first kappa shape index (κ1) is 11.9. The molecule has 4 nitrogen and oxygen atoms in total. The molecular weight excluding hydrogens is 218 g/mol. The molecule has 0 amide bonds. The second-order valence-electron chi connectivity index (χ2n) is 4.39. The van der Waals surface area contributed by atoms with Crippen LogP contribution >= 0.6 is 0 Å². The fourth-order valence-corrected chi connectivity index (χ4v) is 2.25. The summed E-state index contributed by atoms with van der Waals surface area (Å²) in [5.74, 6) is -0.774. The summed E-state index contributed by atoms with van der Waals surface area (Å²) in [6.45, 7) is 2.55. The monoisotopic (exact) mass is 235 g/mol. The number of hydrogen-bond acceptors (Lipinski definition) is 3. The van der Waals surface area contributed by atoms with Crippen LogP contribution < -0.4 is 4.90 Å². The first-order valence-electron chi connectivity index (χ1n) is 5.73. The van der Waals surface area contributed by atoms with Gasteiger partial charge in [-0.25, -0.2) is 4.79 Å². The Labute approximate surface area is 101 Å². The van der Waals surface area contributed by atoms with Crippen LogP contribution in [0.1, 0.15) is 12.5 Å². The lowest BCUT2D eigenvalue weighted by atomic mass is 10.1. The molecule has 0 fully saturated rings. The van der Waals surface area contributed by atoms with Gasteiger partial charge in [0.25, 0.3) is 0 Å². The van der Waals surface area contributed by atoms with Crippen molar-refractivity contribution < 1.29 is 14.6 Å². The predicted molar refractivity (Wildman–Crippen MR) is 65.4 cm³/mol. The van der Waals surface area contributed by atoms with Gasteiger partial charge in [-0.3, -0.25) is 0 Å². The number of carboxylic acid groups (broad SMARTS) is 1. The summed E-state index contributed by atoms with van der Waals surface area (Å²) in [4.78, 5) is 13.2. The van der Waals surface area contributed by atoms with Crippen LogP contribution in [-0.4, -0.2) is 36.9 Å². The topological polar surface area (TPSA) is 49.8 Å². The van der Waals surface area contributed by atoms with E-state index < -0.39 is 12.0 Å². The molecule has 1 N–H and O–H groups in total. The molecule has 0 aliphatic carbocycles. The van der Waals surface area contributed by atoms with Gasteiger partial charge in [-0.2, -0.15) is 0 Å². The number of carboxylic acids is 1. The molecule has 1 aromatic carbocycles. The van der Waals surface area contributed by atoms with E-state index in [1.807, 2.05) is 36.1 Å². The van der Waals surface area contributed by atoms with E-state index in [0.717, 1.165) is 11.3 Å². The molecule has 1 aromatic rings. The van der Waals surface area contributed by atoms with E-state index in [4.69, 9.17) is 4.74 Å². The van der Waals surface area contributed by atoms with Crippen molar-refractivity contribution in [2.75, 3.05) is 18.6 Å². The third kappa shape index (κ3) is 2.26. The number of fused-ring (bicyclic) bond motifs is 1. The Balaban J connectivity index is 2.27. The number of aliphatic carboxylic acids is 1. The van der Waals surface area contributed by atoms with Crippen molar-refractivity contribution in [3.8, 4) is 0 Å². The van der Waals surface area contributed by atoms with Crippen LogP contribution in [-0.2, 0) is 16.0 Å². The molecule has 0 spiro atoms. The van der Waals surface area contributed by atoms with Crippen molar-refractivity contribution in [3.63, 3.8) is 0 Å². The Morgan fingerprint density at radius 2 is 2.29 bits per heavy atom. The van der Waals surface area contributed by atoms with E-state index in [0.29, 0.717) is 13.0 Å². The van der Waals surface area contributed by atoms with Crippen LogP contribution in [0.3, 0.4) is 0 Å². The summed E-state index contributed by atoms with van der Waals surface area (Å²) in [5, 5.41) is 9.26. The molecule has 0 radical (unpaired) electrons. The quantitative estimate of drug-likeness (QED) is 0.860. The van der Waals surface area contributed by atoms with E-state index in [9.17, 15) is 9.90 Å². The number of hydrogen-bond donors (Lipinski definition) is 1. The van der Waals surface area contributed by atoms with Gasteiger partial charge >= 0.3 is 5.97 Å². The highest BCUT2D eigenvalue weighted by Crippen LogP contribution is 2.32. The van der Waals surface area contributed by atoms with Crippen molar-refractivity contribution in [3.05, 3.63) is 29.8 Å². The van der Waals surface area contributed by atoms with E-state index in [-0.39, 0.29) is 6.10 Å². The molecule has 0 aromatic heterocycles. The van der Waals surface area contributed by atoms with Gasteiger partial charge in [-0.1, -0.05) is 18.2 Å². The normalized spacial score (nSPS) is 20.1. The average Bonchev–Trinajstić information content (AvgIpc) is 2.68. The number of benzene rings is 1. The summed E-state index contributed by atoms with van der Waals surface area (Å²) in [6.07, 6.45) is 0.588. The largest absolute Gasteiger partial charge is 0.480 e. The highest BCUT2D eigenvalue weighted by Gasteiger charge is 2.34. The van der Waals surface area contributed by atoms with E-state index in [1.165, 1.54) is 0 Å². The number of para-hydroxylation sites is 1. The maximum absolute atomic E-state index is 11.3. The summed E-state index contributed by atoms with van der Waals surface area (Å²) in [6, 6.07) is 7.38. The number of rotatable bonds is 4. The van der Waals surface area contributed by atoms with Gasteiger partial charge in [0.15, 0.2) is 0 Å². The fraction of sp³-hybridized carbons (Fsp3) is 0.462. The van der Waals surface area contributed by atoms with Crippen LogP contribution in [0.2, 0.25) is 0 Å². The summed E-state index contributed by atoms with van der Waals surface area (Å²) in [7, 11) is 1.64. The lowest BCUT2D eigenvalue weighted by Crippen LogP contribution is -2.42. The van der Waals surface area contributed by atoms with Crippen molar-refractivity contribution in [1.82, 2.24) is 0 Å². The Morgan fingerprint density at radius 3 is 2.94 bits per heavy atom. The minimum atomic E-state index is -0.774. The SMILES string of the molecule is COC(C)CN1c2ccccc2CC1C(=O)O. The zero-order chi connectivity index (χ0) is 12.4. The number of nitrogens with zero attached hydrogens (tertiary/aromatic N) is 1. The fourth-order valence-electron chi connectivity index (χ4n) is 2.25. The lowest BCUT2D eigenvalue weighted by molar-refractivity contribution is -0.138. The Hall–Kier alpha value is -1.55. The van der Waals surface area contributed by atoms with Crippen molar-refractivity contribution in [2.24, 2.45) is 0 Å². The molecule has 2 atom stereocenters. The van der Waals surface area contributed by atoms with Crippen LogP contribution in [0, 0.1) is 0 Å². The summed E-state index contributed by atoms with van der Waals surface area (Å²) in [5.41, 5.74) is 2.12. The minimum absolute atomic E-state index is 0.0167.